The van der Waals surface area contributed by atoms with E-state index in [9.17, 15) is 0 Å². The van der Waals surface area contributed by atoms with Crippen molar-refractivity contribution in [1.82, 2.24) is 47.6 Å². The smallest absolute Gasteiger partial charge is 0.226 e. The van der Waals surface area contributed by atoms with Gasteiger partial charge in [-0.3, -0.25) is 22.7 Å². The Labute approximate surface area is 686 Å². The molecule has 23 aromatic rings. The molecule has 23 rings (SSSR count). The van der Waals surface area contributed by atoms with Crippen LogP contribution in [0.1, 0.15) is 18.2 Å². The number of imidazole rings is 2. The van der Waals surface area contributed by atoms with E-state index in [1.54, 1.807) is 0 Å². The summed E-state index contributed by atoms with van der Waals surface area (Å²) in [7, 11) is -6.47. The Morgan fingerprint density at radius 2 is 0.697 bits per heavy atom. The van der Waals surface area contributed by atoms with E-state index in [0.717, 1.165) is 154 Å². The van der Waals surface area contributed by atoms with Crippen molar-refractivity contribution >= 4 is 174 Å². The molecule has 0 unspecified atom stereocenters. The zero-order valence-corrected chi connectivity index (χ0v) is 66.8. The quantitative estimate of drug-likeness (QED) is 0.0705. The first-order valence-corrected chi connectivity index (χ1v) is 44.4. The first kappa shape index (κ1) is 69.1. The van der Waals surface area contributed by atoms with Gasteiger partial charge in [0.2, 0.25) is 13.9 Å². The van der Waals surface area contributed by atoms with Crippen LogP contribution in [0.5, 0.6) is 0 Å². The SMILES string of the molecule is C=Cc1c(/C=C\C)n(-c2cc(-n3c4ccccc4n4c5cc(-c6ccc7c(c6)c6ccccc6n7-c6cc(-n7c8ccccc8c8ccccc87)nc(-c7ccc([Si](c8ccccc8)(c8ccccc8)c8ccccc8)cc7)n6)ccc5nc34)nc([Si](c3ccccc3)(c3ccccc3)c3ccc4oc5ccccc5c4c3)n2)c2ccccc12. The van der Waals surface area contributed by atoms with Crippen molar-refractivity contribution in [2.75, 3.05) is 0 Å². The number of hydrogen-bond donors (Lipinski definition) is 0. The van der Waals surface area contributed by atoms with Crippen molar-refractivity contribution in [2.45, 2.75) is 6.92 Å². The average Bonchev–Trinajstić information content (AvgIpc) is 1.64. The molecule has 15 aromatic carbocycles. The molecule has 11 nitrogen and oxygen atoms in total. The Bertz CT molecular complexity index is 7830. The Kier molecular flexibility index (Phi) is 16.1. The molecule has 0 fully saturated rings. The van der Waals surface area contributed by atoms with Crippen LogP contribution in [0.25, 0.3) is 162 Å². The predicted molar refractivity (Wildman–Crippen MR) is 496 cm³/mol. The molecule has 0 aliphatic carbocycles. The fourth-order valence-corrected chi connectivity index (χ4v) is 28.4. The van der Waals surface area contributed by atoms with Crippen LogP contribution in [0.15, 0.2) is 405 Å². The van der Waals surface area contributed by atoms with Gasteiger partial charge in [0.25, 0.3) is 0 Å². The third-order valence-electron chi connectivity index (χ3n) is 24.3. The lowest BCUT2D eigenvalue weighted by atomic mass is 10.0. The maximum absolute atomic E-state index is 6.59. The van der Waals surface area contributed by atoms with E-state index in [1.807, 2.05) is 18.2 Å². The van der Waals surface area contributed by atoms with Crippen LogP contribution in [0.3, 0.4) is 0 Å². The molecule has 0 bridgehead atoms. The molecular formula is C106H72N10OSi2. The Balaban J connectivity index is 0.712. The first-order valence-electron chi connectivity index (χ1n) is 40.4. The molecule has 0 N–H and O–H groups in total. The van der Waals surface area contributed by atoms with E-state index >= 15 is 0 Å². The van der Waals surface area contributed by atoms with Crippen LogP contribution < -0.4 is 41.8 Å². The number of fused-ring (bicyclic) bond motifs is 15. The van der Waals surface area contributed by atoms with Gasteiger partial charge in [-0.2, -0.15) is 0 Å². The lowest BCUT2D eigenvalue weighted by molar-refractivity contribution is 0.669. The number of aromatic nitrogens is 10. The third-order valence-corrected chi connectivity index (χ3v) is 33.6. The van der Waals surface area contributed by atoms with Gasteiger partial charge < -0.3 is 4.42 Å². The topological polar surface area (TPSA) is 102 Å². The molecule has 0 spiro atoms. The van der Waals surface area contributed by atoms with E-state index in [1.165, 1.54) is 20.7 Å². The highest BCUT2D eigenvalue weighted by molar-refractivity contribution is 7.20. The molecular weight excluding hydrogens is 1490 g/mol. The fourth-order valence-electron chi connectivity index (χ4n) is 19.2. The van der Waals surface area contributed by atoms with Gasteiger partial charge in [-0.25, -0.2) is 24.9 Å². The minimum atomic E-state index is -3.61. The van der Waals surface area contributed by atoms with Crippen LogP contribution in [0, 0.1) is 0 Å². The number of rotatable bonds is 16. The van der Waals surface area contributed by atoms with Crippen molar-refractivity contribution in [1.29, 1.82) is 0 Å². The van der Waals surface area contributed by atoms with Crippen LogP contribution in [0.4, 0.5) is 0 Å². The summed E-state index contributed by atoms with van der Waals surface area (Å²) in [6.07, 6.45) is 6.23. The predicted octanol–water partition coefficient (Wildman–Crippen LogP) is 19.8. The van der Waals surface area contributed by atoms with Gasteiger partial charge in [-0.15, -0.1) is 0 Å². The maximum atomic E-state index is 6.59. The van der Waals surface area contributed by atoms with Crippen molar-refractivity contribution < 1.29 is 4.42 Å². The average molecular weight is 1560 g/mol. The second-order valence-corrected chi connectivity index (χ2v) is 38.1. The Hall–Kier alpha value is -15.4. The van der Waals surface area contributed by atoms with E-state index in [-0.39, 0.29) is 0 Å². The van der Waals surface area contributed by atoms with Gasteiger partial charge in [0.05, 0.1) is 55.3 Å². The van der Waals surface area contributed by atoms with Gasteiger partial charge >= 0.3 is 0 Å². The molecule has 8 heterocycles. The van der Waals surface area contributed by atoms with Crippen LogP contribution in [0.2, 0.25) is 0 Å². The molecule has 560 valence electrons. The molecule has 0 saturated heterocycles. The molecule has 119 heavy (non-hydrogen) atoms. The fraction of sp³-hybridized carbons (Fsp3) is 0.00943. The monoisotopic (exact) mass is 1560 g/mol. The van der Waals surface area contributed by atoms with Crippen molar-refractivity contribution in [2.24, 2.45) is 0 Å². The molecule has 0 aliphatic rings. The van der Waals surface area contributed by atoms with E-state index in [2.05, 4.69) is 424 Å². The number of furan rings is 1. The highest BCUT2D eigenvalue weighted by atomic mass is 28.3. The maximum Gasteiger partial charge on any atom is 0.226 e. The molecule has 8 aromatic heterocycles. The molecule has 0 amide bonds. The summed E-state index contributed by atoms with van der Waals surface area (Å²) in [6.45, 7) is 6.48. The minimum Gasteiger partial charge on any atom is -0.456 e. The molecule has 0 saturated carbocycles. The normalized spacial score (nSPS) is 12.2. The summed E-state index contributed by atoms with van der Waals surface area (Å²) >= 11 is 0. The van der Waals surface area contributed by atoms with Crippen LogP contribution >= 0.6 is 0 Å². The summed E-state index contributed by atoms with van der Waals surface area (Å²) in [4.78, 5) is 29.2. The number of benzene rings is 15. The zero-order chi connectivity index (χ0) is 78.9. The minimum absolute atomic E-state index is 0.615. The molecule has 0 aliphatic heterocycles. The number of hydrogen-bond acceptors (Lipinski definition) is 6. The van der Waals surface area contributed by atoms with Crippen LogP contribution in [-0.4, -0.2) is 63.7 Å². The van der Waals surface area contributed by atoms with Crippen molar-refractivity contribution in [3.63, 3.8) is 0 Å². The lowest BCUT2D eigenvalue weighted by Crippen LogP contribution is -2.76. The summed E-state index contributed by atoms with van der Waals surface area (Å²) in [5, 5.41) is 16.2. The number of nitrogens with zero attached hydrogens (tertiary/aromatic N) is 10. The highest BCUT2D eigenvalue weighted by Crippen LogP contribution is 2.41. The van der Waals surface area contributed by atoms with Crippen LogP contribution in [-0.2, 0) is 0 Å². The van der Waals surface area contributed by atoms with E-state index < -0.39 is 16.1 Å². The molecule has 0 atom stereocenters. The van der Waals surface area contributed by atoms with Gasteiger partial charge in [-0.1, -0.05) is 322 Å². The van der Waals surface area contributed by atoms with Crippen molar-refractivity contribution in [3.05, 3.63) is 412 Å². The zero-order valence-electron chi connectivity index (χ0n) is 64.8. The van der Waals surface area contributed by atoms with Gasteiger partial charge in [0.15, 0.2) is 13.9 Å². The molecule has 0 radical (unpaired) electrons. The van der Waals surface area contributed by atoms with E-state index in [0.29, 0.717) is 28.7 Å². The molecule has 13 heteroatoms. The second kappa shape index (κ2) is 27.7. The third kappa shape index (κ3) is 10.6. The summed E-state index contributed by atoms with van der Waals surface area (Å²) in [5.74, 6) is 4.21. The van der Waals surface area contributed by atoms with Gasteiger partial charge in [0.1, 0.15) is 39.9 Å². The Morgan fingerprint density at radius 1 is 0.286 bits per heavy atom. The van der Waals surface area contributed by atoms with Crippen molar-refractivity contribution in [3.8, 4) is 45.8 Å². The Morgan fingerprint density at radius 3 is 1.25 bits per heavy atom. The second-order valence-electron chi connectivity index (χ2n) is 30.6. The summed E-state index contributed by atoms with van der Waals surface area (Å²) in [5.41, 5.74) is 16.2. The van der Waals surface area contributed by atoms with Gasteiger partial charge in [-0.05, 0) is 133 Å². The summed E-state index contributed by atoms with van der Waals surface area (Å²) < 4.78 is 18.1. The number of para-hydroxylation sites is 7. The lowest BCUT2D eigenvalue weighted by Gasteiger charge is -2.34. The van der Waals surface area contributed by atoms with E-state index in [4.69, 9.17) is 29.3 Å². The number of allylic oxidation sites excluding steroid dienone is 1. The largest absolute Gasteiger partial charge is 0.456 e. The van der Waals surface area contributed by atoms with Gasteiger partial charge in [0, 0.05) is 61.0 Å². The standard InChI is InChI=1S/C106H72N10OSi2/c1-3-32-89-80(4-2)81-43-20-25-48-90(81)112(89)102-69-103(111-105(110-102)119(76-39-16-8-17-40-76,77-41-18-9-19-42-77)79-61-64-99-87(67-79)85-47-24-31-54-98(85)117-99)116-96-53-30-29-52-95(96)115-97-66-72(57-62-88(97)107-106(115)116)71-58-63-94-86(65-71)84-46-23-28-51-93(84)114(94)101-68-100(113-91-49-26-21-44-82(91)83-45-22-27-50-92(83)113)108-104(109-101)70-55-59-78(60-56-70)118(73-33-10-5-11-34-73,74-35-12-6-13-36-74)75-37-14-7-15-38-75/h3-69H,2H2,1H3/b32-3-. The summed E-state index contributed by atoms with van der Waals surface area (Å²) in [6, 6.07) is 140. The first-order chi connectivity index (χ1) is 58.9. The highest BCUT2D eigenvalue weighted by Gasteiger charge is 2.47.